The molecule has 0 unspecified atom stereocenters. The largest absolute Gasteiger partial charge is 0.477 e. The number of hydrogen-bond donors (Lipinski definition) is 1. The van der Waals surface area contributed by atoms with Gasteiger partial charge in [-0.15, -0.1) is 11.3 Å². The highest BCUT2D eigenvalue weighted by molar-refractivity contribution is 7.07. The fourth-order valence-corrected chi connectivity index (χ4v) is 6.47. The van der Waals surface area contributed by atoms with Crippen molar-refractivity contribution in [3.8, 4) is 0 Å². The molecule has 0 saturated heterocycles. The molecule has 1 N–H and O–H groups in total. The molecule has 6 nitrogen and oxygen atoms in total. The van der Waals surface area contributed by atoms with Crippen molar-refractivity contribution in [3.63, 3.8) is 0 Å². The lowest BCUT2D eigenvalue weighted by molar-refractivity contribution is -0.142. The molecule has 1 aromatic rings. The maximum atomic E-state index is 13.1. The highest BCUT2D eigenvalue weighted by Crippen LogP contribution is 2.60. The van der Waals surface area contributed by atoms with E-state index in [2.05, 4.69) is 4.99 Å². The quantitative estimate of drug-likeness (QED) is 0.870. The summed E-state index contributed by atoms with van der Waals surface area (Å²) in [5, 5.41) is 10.9. The van der Waals surface area contributed by atoms with Crippen molar-refractivity contribution in [3.05, 3.63) is 15.9 Å². The molecule has 5 rings (SSSR count). The van der Waals surface area contributed by atoms with Gasteiger partial charge in [0.2, 0.25) is 0 Å². The maximum Gasteiger partial charge on any atom is 0.353 e. The molecule has 1 aromatic heterocycles. The summed E-state index contributed by atoms with van der Waals surface area (Å²) < 4.78 is 6.67. The smallest absolute Gasteiger partial charge is 0.353 e. The van der Waals surface area contributed by atoms with Gasteiger partial charge in [-0.05, 0) is 56.3 Å². The molecule has 0 radical (unpaired) electrons. The van der Waals surface area contributed by atoms with E-state index in [1.807, 2.05) is 0 Å². The van der Waals surface area contributed by atoms with E-state index in [4.69, 9.17) is 4.74 Å². The van der Waals surface area contributed by atoms with E-state index in [1.165, 1.54) is 30.6 Å². The average molecular weight is 364 g/mol. The summed E-state index contributed by atoms with van der Waals surface area (Å²) in [6.07, 6.45) is 6.75. The summed E-state index contributed by atoms with van der Waals surface area (Å²) in [5.74, 6) is 1.02. The van der Waals surface area contributed by atoms with Gasteiger partial charge in [-0.1, -0.05) is 0 Å². The van der Waals surface area contributed by atoms with Crippen molar-refractivity contribution in [1.29, 1.82) is 0 Å². The lowest BCUT2D eigenvalue weighted by atomic mass is 9.49. The number of carbonyl (C=O) groups excluding carboxylic acids is 1. The van der Waals surface area contributed by atoms with Crippen LogP contribution in [0, 0.1) is 23.2 Å². The third kappa shape index (κ3) is 2.97. The van der Waals surface area contributed by atoms with Crippen LogP contribution >= 0.6 is 11.3 Å². The summed E-state index contributed by atoms with van der Waals surface area (Å²) >= 11 is 1.23. The molecular formula is C18H24N2O4S. The zero-order valence-corrected chi connectivity index (χ0v) is 15.3. The van der Waals surface area contributed by atoms with Gasteiger partial charge in [-0.3, -0.25) is 4.79 Å². The van der Waals surface area contributed by atoms with E-state index in [9.17, 15) is 14.7 Å². The Morgan fingerprint density at radius 3 is 2.40 bits per heavy atom. The first-order valence-electron chi connectivity index (χ1n) is 9.00. The van der Waals surface area contributed by atoms with Crippen LogP contribution in [0.4, 0.5) is 0 Å². The standard InChI is InChI=1S/C18H24N2O4S/c1-24-3-2-20-14(15(21)22)10-25-17(20)19-16(23)18-7-11-4-12(8-18)6-13(5-11)9-18/h10-13H,2-9H2,1H3,(H,21,22)/b19-17-. The lowest BCUT2D eigenvalue weighted by Gasteiger charge is -2.55. The van der Waals surface area contributed by atoms with Crippen molar-refractivity contribution in [2.75, 3.05) is 13.7 Å². The number of methoxy groups -OCH3 is 1. The number of hydrogen-bond acceptors (Lipinski definition) is 4. The number of aromatic carboxylic acids is 1. The minimum Gasteiger partial charge on any atom is -0.477 e. The minimum atomic E-state index is -1.00. The molecule has 4 bridgehead atoms. The van der Waals surface area contributed by atoms with Crippen LogP contribution in [0.25, 0.3) is 0 Å². The molecule has 4 aliphatic carbocycles. The number of thiazole rings is 1. The average Bonchev–Trinajstić information content (AvgIpc) is 2.94. The Morgan fingerprint density at radius 2 is 1.88 bits per heavy atom. The van der Waals surface area contributed by atoms with Gasteiger partial charge in [-0.2, -0.15) is 4.99 Å². The summed E-state index contributed by atoms with van der Waals surface area (Å²) in [6, 6.07) is 0. The zero-order chi connectivity index (χ0) is 17.6. The van der Waals surface area contributed by atoms with E-state index in [1.54, 1.807) is 17.1 Å². The van der Waals surface area contributed by atoms with Gasteiger partial charge < -0.3 is 14.4 Å². The minimum absolute atomic E-state index is 0.0310. The highest BCUT2D eigenvalue weighted by atomic mass is 32.1. The van der Waals surface area contributed by atoms with Crippen molar-refractivity contribution in [1.82, 2.24) is 4.57 Å². The second-order valence-electron chi connectivity index (χ2n) is 7.97. The number of aromatic nitrogens is 1. The molecule has 136 valence electrons. The molecule has 4 saturated carbocycles. The topological polar surface area (TPSA) is 80.9 Å². The Bertz CT molecular complexity index is 728. The normalized spacial score (nSPS) is 33.8. The SMILES string of the molecule is COCCn1c(C(=O)O)cs/c1=N\C(=O)C12CC3CC(CC(C3)C1)C2. The number of rotatable bonds is 5. The fraction of sp³-hybridized carbons (Fsp3) is 0.722. The van der Waals surface area contributed by atoms with Crippen molar-refractivity contribution in [2.24, 2.45) is 28.2 Å². The summed E-state index contributed by atoms with van der Waals surface area (Å²) in [5.41, 5.74) is -0.125. The van der Waals surface area contributed by atoms with Gasteiger partial charge in [0, 0.05) is 19.0 Å². The van der Waals surface area contributed by atoms with Crippen LogP contribution in [0.5, 0.6) is 0 Å². The molecule has 0 aromatic carbocycles. The van der Waals surface area contributed by atoms with Gasteiger partial charge >= 0.3 is 5.97 Å². The third-order valence-corrected chi connectivity index (χ3v) is 7.09. The fourth-order valence-electron chi connectivity index (χ4n) is 5.57. The number of carbonyl (C=O) groups is 2. The monoisotopic (exact) mass is 364 g/mol. The van der Waals surface area contributed by atoms with E-state index in [-0.39, 0.29) is 17.0 Å². The van der Waals surface area contributed by atoms with Crippen LogP contribution in [0.15, 0.2) is 10.4 Å². The van der Waals surface area contributed by atoms with E-state index in [0.717, 1.165) is 19.3 Å². The molecule has 0 spiro atoms. The molecule has 0 aliphatic heterocycles. The number of carboxylic acid groups (broad SMARTS) is 1. The Labute approximate surface area is 150 Å². The molecule has 1 amide bonds. The maximum absolute atomic E-state index is 13.1. The van der Waals surface area contributed by atoms with Crippen LogP contribution in [-0.4, -0.2) is 35.3 Å². The van der Waals surface area contributed by atoms with Gasteiger partial charge in [-0.25, -0.2) is 4.79 Å². The molecule has 4 aliphatic rings. The number of ether oxygens (including phenoxy) is 1. The van der Waals surface area contributed by atoms with Gasteiger partial charge in [0.05, 0.1) is 12.0 Å². The van der Waals surface area contributed by atoms with Crippen LogP contribution in [0.2, 0.25) is 0 Å². The predicted molar refractivity (Wildman–Crippen MR) is 92.3 cm³/mol. The van der Waals surface area contributed by atoms with Gasteiger partial charge in [0.25, 0.3) is 5.91 Å². The first kappa shape index (κ1) is 17.0. The highest BCUT2D eigenvalue weighted by Gasteiger charge is 2.54. The van der Waals surface area contributed by atoms with Crippen molar-refractivity contribution >= 4 is 23.2 Å². The second kappa shape index (κ2) is 6.36. The lowest BCUT2D eigenvalue weighted by Crippen LogP contribution is -2.50. The summed E-state index contributed by atoms with van der Waals surface area (Å²) in [4.78, 5) is 29.5. The molecule has 1 heterocycles. The molecule has 4 fully saturated rings. The number of carboxylic acids is 1. The Kier molecular flexibility index (Phi) is 4.32. The third-order valence-electron chi connectivity index (χ3n) is 6.22. The van der Waals surface area contributed by atoms with E-state index in [0.29, 0.717) is 35.7 Å². The van der Waals surface area contributed by atoms with Crippen LogP contribution in [0.3, 0.4) is 0 Å². The van der Waals surface area contributed by atoms with Crippen molar-refractivity contribution < 1.29 is 19.4 Å². The first-order valence-corrected chi connectivity index (χ1v) is 9.88. The molecular weight excluding hydrogens is 340 g/mol. The number of amides is 1. The first-order chi connectivity index (χ1) is 12.0. The van der Waals surface area contributed by atoms with Crippen LogP contribution in [0.1, 0.15) is 49.0 Å². The van der Waals surface area contributed by atoms with E-state index >= 15 is 0 Å². The zero-order valence-electron chi connectivity index (χ0n) is 14.4. The Morgan fingerprint density at radius 1 is 1.28 bits per heavy atom. The Hall–Kier alpha value is -1.47. The summed E-state index contributed by atoms with van der Waals surface area (Å²) in [6.45, 7) is 0.768. The molecule has 25 heavy (non-hydrogen) atoms. The summed E-state index contributed by atoms with van der Waals surface area (Å²) in [7, 11) is 1.57. The van der Waals surface area contributed by atoms with Crippen LogP contribution < -0.4 is 4.80 Å². The van der Waals surface area contributed by atoms with Crippen LogP contribution in [-0.2, 0) is 16.1 Å². The van der Waals surface area contributed by atoms with E-state index < -0.39 is 5.97 Å². The predicted octanol–water partition coefficient (Wildman–Crippen LogP) is 2.54. The van der Waals surface area contributed by atoms with Gasteiger partial charge in [0.1, 0.15) is 5.69 Å². The molecule has 0 atom stereocenters. The van der Waals surface area contributed by atoms with Gasteiger partial charge in [0.15, 0.2) is 4.80 Å². The Balaban J connectivity index is 1.66. The van der Waals surface area contributed by atoms with Crippen molar-refractivity contribution in [2.45, 2.75) is 45.1 Å². The number of nitrogens with zero attached hydrogens (tertiary/aromatic N) is 2. The molecule has 7 heteroatoms. The second-order valence-corrected chi connectivity index (χ2v) is 8.80.